The van der Waals surface area contributed by atoms with Gasteiger partial charge in [-0.2, -0.15) is 0 Å². The number of alkyl halides is 1. The molecule has 1 atom stereocenters. The molecule has 0 aliphatic carbocycles. The molecule has 0 bridgehead atoms. The van der Waals surface area contributed by atoms with Gasteiger partial charge in [0.1, 0.15) is 5.82 Å². The molecule has 0 N–H and O–H groups in total. The first-order valence-electron chi connectivity index (χ1n) is 5.14. The van der Waals surface area contributed by atoms with Gasteiger partial charge in [0, 0.05) is 4.88 Å². The van der Waals surface area contributed by atoms with Gasteiger partial charge in [0.15, 0.2) is 0 Å². The predicted octanol–water partition coefficient (Wildman–Crippen LogP) is 5.59. The molecule has 0 saturated heterocycles. The average Bonchev–Trinajstić information content (AvgIpc) is 2.55. The zero-order chi connectivity index (χ0) is 12.6. The minimum atomic E-state index is -0.299. The van der Waals surface area contributed by atoms with Crippen molar-refractivity contribution in [1.82, 2.24) is 0 Å². The lowest BCUT2D eigenvalue weighted by Crippen LogP contribution is -1.95. The topological polar surface area (TPSA) is 0 Å². The molecule has 1 heterocycles. The predicted molar refractivity (Wildman–Crippen MR) is 75.6 cm³/mol. The SMILES string of the molecule is Cc1cc(F)cc(C(Cl)c2cc(Br)sc2C)c1. The molecule has 90 valence electrons. The Morgan fingerprint density at radius 2 is 1.94 bits per heavy atom. The maximum atomic E-state index is 13.3. The highest BCUT2D eigenvalue weighted by atomic mass is 79.9. The molecule has 0 fully saturated rings. The van der Waals surface area contributed by atoms with Crippen LogP contribution >= 0.6 is 38.9 Å². The summed E-state index contributed by atoms with van der Waals surface area (Å²) in [5.41, 5.74) is 2.73. The molecule has 0 spiro atoms. The van der Waals surface area contributed by atoms with E-state index >= 15 is 0 Å². The third kappa shape index (κ3) is 2.90. The molecule has 0 radical (unpaired) electrons. The first kappa shape index (κ1) is 13.1. The van der Waals surface area contributed by atoms with Crippen LogP contribution in [0, 0.1) is 19.7 Å². The zero-order valence-electron chi connectivity index (χ0n) is 9.43. The first-order chi connectivity index (χ1) is 7.97. The third-order valence-electron chi connectivity index (χ3n) is 2.56. The molecule has 17 heavy (non-hydrogen) atoms. The summed E-state index contributed by atoms with van der Waals surface area (Å²) in [7, 11) is 0. The highest BCUT2D eigenvalue weighted by Crippen LogP contribution is 2.37. The fourth-order valence-electron chi connectivity index (χ4n) is 1.80. The molecule has 1 unspecified atom stereocenters. The molecule has 1 aromatic heterocycles. The van der Waals surface area contributed by atoms with E-state index in [0.717, 1.165) is 25.4 Å². The largest absolute Gasteiger partial charge is 0.207 e. The van der Waals surface area contributed by atoms with Crippen molar-refractivity contribution in [1.29, 1.82) is 0 Å². The van der Waals surface area contributed by atoms with Gasteiger partial charge in [-0.25, -0.2) is 4.39 Å². The van der Waals surface area contributed by atoms with Crippen LogP contribution in [0.25, 0.3) is 0 Å². The standard InChI is InChI=1S/C13H11BrClFS/c1-7-3-9(5-10(16)4-7)13(15)11-6-12(14)17-8(11)2/h3-6,13H,1-2H3. The van der Waals surface area contributed by atoms with Gasteiger partial charge in [-0.05, 0) is 64.7 Å². The quantitative estimate of drug-likeness (QED) is 0.628. The van der Waals surface area contributed by atoms with Crippen molar-refractivity contribution in [3.8, 4) is 0 Å². The fourth-order valence-corrected chi connectivity index (χ4v) is 3.97. The Morgan fingerprint density at radius 3 is 2.47 bits per heavy atom. The second-order valence-corrected chi connectivity index (χ2v) is 7.06. The lowest BCUT2D eigenvalue weighted by molar-refractivity contribution is 0.624. The maximum absolute atomic E-state index is 13.3. The van der Waals surface area contributed by atoms with Crippen molar-refractivity contribution in [2.24, 2.45) is 0 Å². The summed E-state index contributed by atoms with van der Waals surface area (Å²) in [5.74, 6) is -0.238. The monoisotopic (exact) mass is 332 g/mol. The van der Waals surface area contributed by atoms with Crippen molar-refractivity contribution in [3.05, 3.63) is 55.4 Å². The van der Waals surface area contributed by atoms with Crippen molar-refractivity contribution in [3.63, 3.8) is 0 Å². The van der Waals surface area contributed by atoms with E-state index in [-0.39, 0.29) is 11.2 Å². The van der Waals surface area contributed by atoms with Crippen LogP contribution in [0.4, 0.5) is 4.39 Å². The van der Waals surface area contributed by atoms with Crippen LogP contribution in [0.2, 0.25) is 0 Å². The number of rotatable bonds is 2. The number of hydrogen-bond donors (Lipinski definition) is 0. The Balaban J connectivity index is 2.43. The fraction of sp³-hybridized carbons (Fsp3) is 0.231. The van der Waals surface area contributed by atoms with E-state index in [9.17, 15) is 4.39 Å². The Labute approximate surface area is 118 Å². The Morgan fingerprint density at radius 1 is 1.24 bits per heavy atom. The smallest absolute Gasteiger partial charge is 0.123 e. The van der Waals surface area contributed by atoms with Gasteiger partial charge in [0.05, 0.1) is 9.16 Å². The molecular weight excluding hydrogens is 323 g/mol. The first-order valence-corrected chi connectivity index (χ1v) is 7.19. The number of hydrogen-bond acceptors (Lipinski definition) is 1. The molecule has 0 aliphatic heterocycles. The third-order valence-corrected chi connectivity index (χ3v) is 4.61. The number of aryl methyl sites for hydroxylation is 2. The van der Waals surface area contributed by atoms with Crippen molar-refractivity contribution in [2.75, 3.05) is 0 Å². The van der Waals surface area contributed by atoms with Gasteiger partial charge in [-0.15, -0.1) is 22.9 Å². The Hall–Kier alpha value is -0.380. The van der Waals surface area contributed by atoms with E-state index in [4.69, 9.17) is 11.6 Å². The van der Waals surface area contributed by atoms with Gasteiger partial charge in [-0.1, -0.05) is 6.07 Å². The van der Waals surface area contributed by atoms with E-state index in [0.29, 0.717) is 0 Å². The van der Waals surface area contributed by atoms with Gasteiger partial charge >= 0.3 is 0 Å². The molecule has 4 heteroatoms. The van der Waals surface area contributed by atoms with Crippen molar-refractivity contribution < 1.29 is 4.39 Å². The van der Waals surface area contributed by atoms with Crippen molar-refractivity contribution in [2.45, 2.75) is 19.2 Å². The molecule has 0 amide bonds. The van der Waals surface area contributed by atoms with Gasteiger partial charge < -0.3 is 0 Å². The highest BCUT2D eigenvalue weighted by molar-refractivity contribution is 9.11. The van der Waals surface area contributed by atoms with Crippen LogP contribution < -0.4 is 0 Å². The second kappa shape index (κ2) is 5.09. The van der Waals surface area contributed by atoms with Crippen LogP contribution in [0.1, 0.15) is 26.9 Å². The maximum Gasteiger partial charge on any atom is 0.123 e. The van der Waals surface area contributed by atoms with Gasteiger partial charge in [0.2, 0.25) is 0 Å². The summed E-state index contributed by atoms with van der Waals surface area (Å²) < 4.78 is 14.4. The highest BCUT2D eigenvalue weighted by Gasteiger charge is 2.16. The average molecular weight is 334 g/mol. The Bertz CT molecular complexity index is 530. The van der Waals surface area contributed by atoms with Crippen LogP contribution in [0.15, 0.2) is 28.1 Å². The summed E-state index contributed by atoms with van der Waals surface area (Å²) in [6.07, 6.45) is 0. The second-order valence-electron chi connectivity index (χ2n) is 3.99. The summed E-state index contributed by atoms with van der Waals surface area (Å²) in [6, 6.07) is 6.92. The van der Waals surface area contributed by atoms with Gasteiger partial charge in [0.25, 0.3) is 0 Å². The molecular formula is C13H11BrClFS. The van der Waals surface area contributed by atoms with Crippen LogP contribution in [-0.4, -0.2) is 0 Å². The molecule has 0 aliphatic rings. The van der Waals surface area contributed by atoms with Gasteiger partial charge in [-0.3, -0.25) is 0 Å². The van der Waals surface area contributed by atoms with E-state index in [2.05, 4.69) is 15.9 Å². The van der Waals surface area contributed by atoms with E-state index in [1.54, 1.807) is 11.3 Å². The molecule has 2 aromatic rings. The van der Waals surface area contributed by atoms with Crippen molar-refractivity contribution >= 4 is 38.9 Å². The lowest BCUT2D eigenvalue weighted by atomic mass is 10.0. The molecule has 1 aromatic carbocycles. The molecule has 0 saturated carbocycles. The van der Waals surface area contributed by atoms with E-state index < -0.39 is 0 Å². The lowest BCUT2D eigenvalue weighted by Gasteiger charge is -2.10. The van der Waals surface area contributed by atoms with E-state index in [1.807, 2.05) is 26.0 Å². The van der Waals surface area contributed by atoms with Crippen LogP contribution in [-0.2, 0) is 0 Å². The number of benzene rings is 1. The summed E-state index contributed by atoms with van der Waals surface area (Å²) in [6.45, 7) is 3.89. The van der Waals surface area contributed by atoms with E-state index in [1.165, 1.54) is 12.1 Å². The molecule has 0 nitrogen and oxygen atoms in total. The van der Waals surface area contributed by atoms with Crippen LogP contribution in [0.3, 0.4) is 0 Å². The zero-order valence-corrected chi connectivity index (χ0v) is 12.6. The minimum Gasteiger partial charge on any atom is -0.207 e. The number of halogens is 3. The Kier molecular flexibility index (Phi) is 3.91. The summed E-state index contributed by atoms with van der Waals surface area (Å²) in [4.78, 5) is 1.15. The molecule has 2 rings (SSSR count). The van der Waals surface area contributed by atoms with Crippen LogP contribution in [0.5, 0.6) is 0 Å². The summed E-state index contributed by atoms with van der Waals surface area (Å²) >= 11 is 11.5. The summed E-state index contributed by atoms with van der Waals surface area (Å²) in [5, 5.41) is -0.299. The number of thiophene rings is 1. The minimum absolute atomic E-state index is 0.238. The normalized spacial score (nSPS) is 12.8.